The van der Waals surface area contributed by atoms with Gasteiger partial charge in [0.2, 0.25) is 5.91 Å². The zero-order valence-electron chi connectivity index (χ0n) is 13.9. The highest BCUT2D eigenvalue weighted by atomic mass is 32.2. The number of thioether (sulfide) groups is 1. The van der Waals surface area contributed by atoms with E-state index in [-0.39, 0.29) is 11.2 Å². The SMILES string of the molecule is Cc1nn(-c2ncccn2)c2c1[C@@H](c1ccc(C#N)cc1)SCC(=O)N2. The Hall–Kier alpha value is -3.18. The Morgan fingerprint density at radius 1 is 1.27 bits per heavy atom. The summed E-state index contributed by atoms with van der Waals surface area (Å²) < 4.78 is 1.57. The van der Waals surface area contributed by atoms with E-state index in [2.05, 4.69) is 26.5 Å². The van der Waals surface area contributed by atoms with Crippen LogP contribution in [0.3, 0.4) is 0 Å². The molecular formula is C18H14N6OS. The fourth-order valence-electron chi connectivity index (χ4n) is 2.92. The van der Waals surface area contributed by atoms with Crippen LogP contribution in [0.5, 0.6) is 0 Å². The van der Waals surface area contributed by atoms with Crippen molar-refractivity contribution < 1.29 is 4.79 Å². The first kappa shape index (κ1) is 16.3. The molecule has 26 heavy (non-hydrogen) atoms. The number of amides is 1. The largest absolute Gasteiger partial charge is 0.309 e. The number of hydrogen-bond donors (Lipinski definition) is 1. The molecule has 1 amide bonds. The average molecular weight is 362 g/mol. The van der Waals surface area contributed by atoms with Crippen LogP contribution in [0.4, 0.5) is 5.82 Å². The third-order valence-corrected chi connectivity index (χ3v) is 5.36. The lowest BCUT2D eigenvalue weighted by Crippen LogP contribution is -2.16. The van der Waals surface area contributed by atoms with Crippen molar-refractivity contribution in [3.63, 3.8) is 0 Å². The van der Waals surface area contributed by atoms with E-state index in [1.807, 2.05) is 19.1 Å². The maximum absolute atomic E-state index is 12.3. The van der Waals surface area contributed by atoms with Crippen molar-refractivity contribution in [3.8, 4) is 12.0 Å². The number of nitrogens with zero attached hydrogens (tertiary/aromatic N) is 5. The standard InChI is InChI=1S/C18H14N6OS/c1-11-15-16(13-5-3-12(9-19)4-6-13)26-10-14(25)22-17(15)24(23-11)18-20-7-2-8-21-18/h2-8,16H,10H2,1H3,(H,22,25)/t16-/m1/s1. The Morgan fingerprint density at radius 2 is 2.00 bits per heavy atom. The summed E-state index contributed by atoms with van der Waals surface area (Å²) in [6.07, 6.45) is 3.27. The van der Waals surface area contributed by atoms with Gasteiger partial charge in [0.25, 0.3) is 5.95 Å². The van der Waals surface area contributed by atoms with Gasteiger partial charge in [-0.25, -0.2) is 9.97 Å². The summed E-state index contributed by atoms with van der Waals surface area (Å²) >= 11 is 1.53. The average Bonchev–Trinajstić information content (AvgIpc) is 2.88. The molecule has 2 aromatic heterocycles. The van der Waals surface area contributed by atoms with Crippen LogP contribution in [-0.2, 0) is 4.79 Å². The van der Waals surface area contributed by atoms with Crippen molar-refractivity contribution in [2.24, 2.45) is 0 Å². The molecule has 0 saturated carbocycles. The van der Waals surface area contributed by atoms with Crippen molar-refractivity contribution >= 4 is 23.5 Å². The molecule has 0 spiro atoms. The molecule has 1 aliphatic rings. The third-order valence-electron chi connectivity index (χ3n) is 4.09. The summed E-state index contributed by atoms with van der Waals surface area (Å²) in [6, 6.07) is 11.3. The molecule has 1 atom stereocenters. The summed E-state index contributed by atoms with van der Waals surface area (Å²) in [5.41, 5.74) is 3.35. The van der Waals surface area contributed by atoms with E-state index in [0.717, 1.165) is 16.8 Å². The molecule has 3 aromatic rings. The van der Waals surface area contributed by atoms with Crippen molar-refractivity contribution in [2.75, 3.05) is 11.1 Å². The highest BCUT2D eigenvalue weighted by Crippen LogP contribution is 2.43. The predicted octanol–water partition coefficient (Wildman–Crippen LogP) is 2.62. The zero-order valence-corrected chi connectivity index (χ0v) is 14.7. The summed E-state index contributed by atoms with van der Waals surface area (Å²) in [6.45, 7) is 1.91. The Bertz CT molecular complexity index is 1010. The number of benzene rings is 1. The minimum Gasteiger partial charge on any atom is -0.309 e. The maximum atomic E-state index is 12.3. The highest BCUT2D eigenvalue weighted by molar-refractivity contribution is 8.00. The number of nitriles is 1. The van der Waals surface area contributed by atoms with Gasteiger partial charge >= 0.3 is 0 Å². The first-order valence-corrected chi connectivity index (χ1v) is 9.00. The topological polar surface area (TPSA) is 96.5 Å². The lowest BCUT2D eigenvalue weighted by Gasteiger charge is -2.15. The fraction of sp³-hybridized carbons (Fsp3) is 0.167. The zero-order chi connectivity index (χ0) is 18.1. The Kier molecular flexibility index (Phi) is 4.14. The number of carbonyl (C=O) groups excluding carboxylic acids is 1. The molecule has 1 aliphatic heterocycles. The highest BCUT2D eigenvalue weighted by Gasteiger charge is 2.31. The number of fused-ring (bicyclic) bond motifs is 1. The monoisotopic (exact) mass is 362 g/mol. The van der Waals surface area contributed by atoms with Crippen molar-refractivity contribution in [3.05, 3.63) is 65.1 Å². The van der Waals surface area contributed by atoms with Crippen LogP contribution in [-0.4, -0.2) is 31.4 Å². The molecule has 3 heterocycles. The number of anilines is 1. The van der Waals surface area contributed by atoms with E-state index in [9.17, 15) is 4.79 Å². The molecule has 0 saturated heterocycles. The quantitative estimate of drug-likeness (QED) is 0.753. The summed E-state index contributed by atoms with van der Waals surface area (Å²) in [7, 11) is 0. The minimum absolute atomic E-state index is 0.0749. The Balaban J connectivity index is 1.87. The first-order valence-electron chi connectivity index (χ1n) is 7.96. The van der Waals surface area contributed by atoms with Crippen molar-refractivity contribution in [1.82, 2.24) is 19.7 Å². The number of hydrogen-bond acceptors (Lipinski definition) is 6. The second-order valence-corrected chi connectivity index (χ2v) is 6.87. The molecule has 0 radical (unpaired) electrons. The van der Waals surface area contributed by atoms with Gasteiger partial charge in [-0.05, 0) is 30.7 Å². The van der Waals surface area contributed by atoms with Crippen LogP contribution in [0.25, 0.3) is 5.95 Å². The normalized spacial score (nSPS) is 16.3. The Labute approximate surface area is 154 Å². The van der Waals surface area contributed by atoms with E-state index >= 15 is 0 Å². The van der Waals surface area contributed by atoms with Gasteiger partial charge in [-0.1, -0.05) is 12.1 Å². The van der Waals surface area contributed by atoms with E-state index in [1.54, 1.807) is 35.3 Å². The van der Waals surface area contributed by atoms with Crippen LogP contribution in [0.15, 0.2) is 42.7 Å². The molecule has 0 fully saturated rings. The molecule has 0 bridgehead atoms. The molecule has 7 nitrogen and oxygen atoms in total. The van der Waals surface area contributed by atoms with Gasteiger partial charge < -0.3 is 5.32 Å². The van der Waals surface area contributed by atoms with Crippen LogP contribution >= 0.6 is 11.8 Å². The van der Waals surface area contributed by atoms with Gasteiger partial charge in [0.1, 0.15) is 5.82 Å². The molecule has 4 rings (SSSR count). The van der Waals surface area contributed by atoms with Crippen LogP contribution < -0.4 is 5.32 Å². The second-order valence-electron chi connectivity index (χ2n) is 5.78. The van der Waals surface area contributed by atoms with E-state index in [0.29, 0.717) is 23.1 Å². The van der Waals surface area contributed by atoms with E-state index in [4.69, 9.17) is 5.26 Å². The van der Waals surface area contributed by atoms with Crippen molar-refractivity contribution in [1.29, 1.82) is 5.26 Å². The predicted molar refractivity (Wildman–Crippen MR) is 98.0 cm³/mol. The molecule has 0 aliphatic carbocycles. The second kappa shape index (κ2) is 6.61. The molecule has 128 valence electrons. The number of nitrogens with one attached hydrogen (secondary N) is 1. The lowest BCUT2D eigenvalue weighted by molar-refractivity contribution is -0.113. The fourth-order valence-corrected chi connectivity index (χ4v) is 4.11. The van der Waals surface area contributed by atoms with Crippen LogP contribution in [0.2, 0.25) is 0 Å². The van der Waals surface area contributed by atoms with Gasteiger partial charge in [-0.2, -0.15) is 15.0 Å². The van der Waals surface area contributed by atoms with Gasteiger partial charge in [0, 0.05) is 18.0 Å². The first-order chi connectivity index (χ1) is 12.7. The van der Waals surface area contributed by atoms with Crippen molar-refractivity contribution in [2.45, 2.75) is 12.2 Å². The Morgan fingerprint density at radius 3 is 2.69 bits per heavy atom. The molecule has 1 aromatic carbocycles. The van der Waals surface area contributed by atoms with Gasteiger partial charge in [0.05, 0.1) is 28.3 Å². The van der Waals surface area contributed by atoms with Gasteiger partial charge in [-0.15, -0.1) is 11.8 Å². The minimum atomic E-state index is -0.0931. The van der Waals surface area contributed by atoms with E-state index in [1.165, 1.54) is 11.8 Å². The molecule has 1 N–H and O–H groups in total. The number of carbonyl (C=O) groups is 1. The lowest BCUT2D eigenvalue weighted by atomic mass is 10.0. The molecular weight excluding hydrogens is 348 g/mol. The van der Waals surface area contributed by atoms with Gasteiger partial charge in [-0.3, -0.25) is 4.79 Å². The number of aryl methyl sites for hydroxylation is 1. The molecule has 0 unspecified atom stereocenters. The number of rotatable bonds is 2. The number of aromatic nitrogens is 4. The maximum Gasteiger partial charge on any atom is 0.252 e. The molecule has 8 heteroatoms. The summed E-state index contributed by atoms with van der Waals surface area (Å²) in [5, 5.41) is 16.4. The summed E-state index contributed by atoms with van der Waals surface area (Å²) in [5.74, 6) is 1.24. The summed E-state index contributed by atoms with van der Waals surface area (Å²) in [4.78, 5) is 20.7. The smallest absolute Gasteiger partial charge is 0.252 e. The van der Waals surface area contributed by atoms with Crippen LogP contribution in [0, 0.1) is 18.3 Å². The third kappa shape index (κ3) is 2.82. The van der Waals surface area contributed by atoms with E-state index < -0.39 is 0 Å². The van der Waals surface area contributed by atoms with Crippen LogP contribution in [0.1, 0.15) is 27.6 Å². The van der Waals surface area contributed by atoms with Gasteiger partial charge in [0.15, 0.2) is 0 Å².